The third-order valence-corrected chi connectivity index (χ3v) is 3.56. The first-order chi connectivity index (χ1) is 8.39. The molecule has 1 aromatic carbocycles. The van der Waals surface area contributed by atoms with E-state index in [0.29, 0.717) is 23.7 Å². The van der Waals surface area contributed by atoms with Gasteiger partial charge in [0.15, 0.2) is 0 Å². The fraction of sp³-hybridized carbons (Fsp3) is 0.600. The van der Waals surface area contributed by atoms with Crippen LogP contribution in [0.1, 0.15) is 51.7 Å². The largest absolute Gasteiger partial charge is 0.487 e. The van der Waals surface area contributed by atoms with E-state index in [4.69, 9.17) is 4.74 Å². The number of fused-ring (bicyclic) bond motifs is 1. The first-order valence-electron chi connectivity index (χ1n) is 6.56. The number of ether oxygens (including phenoxy) is 1. The summed E-state index contributed by atoms with van der Waals surface area (Å²) in [5.41, 5.74) is 0.214. The van der Waals surface area contributed by atoms with Crippen molar-refractivity contribution in [2.24, 2.45) is 5.92 Å². The third-order valence-electron chi connectivity index (χ3n) is 3.56. The van der Waals surface area contributed by atoms with E-state index in [1.54, 1.807) is 6.07 Å². The average molecular weight is 252 g/mol. The maximum absolute atomic E-state index is 13.1. The average Bonchev–Trinajstić information content (AvgIpc) is 2.28. The highest BCUT2D eigenvalue weighted by Gasteiger charge is 2.36. The summed E-state index contributed by atoms with van der Waals surface area (Å²) in [6, 6.07) is 4.35. The Morgan fingerprint density at radius 1 is 1.50 bits per heavy atom. The monoisotopic (exact) mass is 252 g/mol. The predicted octanol–water partition coefficient (Wildman–Crippen LogP) is 3.84. The summed E-state index contributed by atoms with van der Waals surface area (Å²) >= 11 is 0. The molecule has 0 aromatic heterocycles. The molecule has 3 heteroatoms. The predicted molar refractivity (Wildman–Crippen MR) is 69.1 cm³/mol. The highest BCUT2D eigenvalue weighted by atomic mass is 19.1. The molecule has 0 spiro atoms. The molecular formula is C15H21FO2. The molecule has 18 heavy (non-hydrogen) atoms. The zero-order valence-corrected chi connectivity index (χ0v) is 11.2. The fourth-order valence-electron chi connectivity index (χ4n) is 2.45. The van der Waals surface area contributed by atoms with Gasteiger partial charge in [0, 0.05) is 12.0 Å². The molecule has 2 rings (SSSR count). The molecule has 0 amide bonds. The first kappa shape index (κ1) is 13.3. The van der Waals surface area contributed by atoms with Gasteiger partial charge in [0.05, 0.1) is 6.10 Å². The van der Waals surface area contributed by atoms with E-state index in [0.717, 1.165) is 12.8 Å². The summed E-state index contributed by atoms with van der Waals surface area (Å²) in [6.45, 7) is 6.36. The maximum atomic E-state index is 13.1. The molecule has 1 aromatic rings. The Balaban J connectivity index is 2.19. The second-order valence-corrected chi connectivity index (χ2v) is 5.89. The molecule has 0 saturated heterocycles. The summed E-state index contributed by atoms with van der Waals surface area (Å²) in [6.07, 6.45) is 1.84. The molecule has 0 bridgehead atoms. The number of halogens is 1. The molecule has 100 valence electrons. The fourth-order valence-corrected chi connectivity index (χ4v) is 2.45. The molecule has 2 nitrogen and oxygen atoms in total. The Morgan fingerprint density at radius 3 is 2.89 bits per heavy atom. The van der Waals surface area contributed by atoms with Crippen LogP contribution < -0.4 is 4.74 Å². The van der Waals surface area contributed by atoms with Crippen molar-refractivity contribution in [1.29, 1.82) is 0 Å². The lowest BCUT2D eigenvalue weighted by Crippen LogP contribution is -2.38. The van der Waals surface area contributed by atoms with Gasteiger partial charge in [0.25, 0.3) is 0 Å². The first-order valence-corrected chi connectivity index (χ1v) is 6.56. The lowest BCUT2D eigenvalue weighted by molar-refractivity contribution is -0.0103. The highest BCUT2D eigenvalue weighted by Crippen LogP contribution is 2.42. The van der Waals surface area contributed by atoms with E-state index in [2.05, 4.69) is 13.8 Å². The molecule has 0 saturated carbocycles. The number of aliphatic hydroxyl groups excluding tert-OH is 1. The van der Waals surface area contributed by atoms with Crippen molar-refractivity contribution in [3.63, 3.8) is 0 Å². The molecule has 1 aliphatic rings. The van der Waals surface area contributed by atoms with Gasteiger partial charge in [-0.15, -0.1) is 0 Å². The van der Waals surface area contributed by atoms with Crippen molar-refractivity contribution >= 4 is 0 Å². The zero-order chi connectivity index (χ0) is 13.3. The van der Waals surface area contributed by atoms with Crippen LogP contribution in [0.5, 0.6) is 5.75 Å². The van der Waals surface area contributed by atoms with Crippen LogP contribution in [0.2, 0.25) is 0 Å². The van der Waals surface area contributed by atoms with Crippen molar-refractivity contribution in [2.45, 2.75) is 51.7 Å². The van der Waals surface area contributed by atoms with Crippen molar-refractivity contribution in [3.05, 3.63) is 29.6 Å². The maximum Gasteiger partial charge on any atom is 0.126 e. The van der Waals surface area contributed by atoms with Crippen molar-refractivity contribution in [3.8, 4) is 5.75 Å². The van der Waals surface area contributed by atoms with Gasteiger partial charge in [0.1, 0.15) is 17.2 Å². The minimum Gasteiger partial charge on any atom is -0.487 e. The summed E-state index contributed by atoms with van der Waals surface area (Å²) in [5, 5.41) is 10.1. The molecule has 2 atom stereocenters. The van der Waals surface area contributed by atoms with Crippen LogP contribution in [-0.4, -0.2) is 10.7 Å². The number of benzene rings is 1. The lowest BCUT2D eigenvalue weighted by atomic mass is 9.85. The normalized spacial score (nSPS) is 26.9. The molecule has 1 aliphatic heterocycles. The van der Waals surface area contributed by atoms with Gasteiger partial charge >= 0.3 is 0 Å². The van der Waals surface area contributed by atoms with Gasteiger partial charge in [-0.1, -0.05) is 13.8 Å². The molecule has 0 fully saturated rings. The van der Waals surface area contributed by atoms with Crippen LogP contribution in [0.15, 0.2) is 18.2 Å². The molecule has 1 unspecified atom stereocenters. The van der Waals surface area contributed by atoms with Gasteiger partial charge in [-0.05, 0) is 43.9 Å². The number of hydrogen-bond donors (Lipinski definition) is 1. The number of hydrogen-bond acceptors (Lipinski definition) is 2. The molecular weight excluding hydrogens is 231 g/mol. The molecule has 1 N–H and O–H groups in total. The Labute approximate surface area is 108 Å². The molecule has 0 aliphatic carbocycles. The Kier molecular flexibility index (Phi) is 3.62. The van der Waals surface area contributed by atoms with Crippen LogP contribution in [0.3, 0.4) is 0 Å². The third kappa shape index (κ3) is 2.83. The Hall–Kier alpha value is -1.09. The van der Waals surface area contributed by atoms with E-state index < -0.39 is 6.10 Å². The standard InChI is InChI=1S/C15H21FO2/c1-10(2)6-7-15(3)9-13(17)12-8-11(16)4-5-14(12)18-15/h4-5,8,10,13,17H,6-7,9H2,1-3H3/t13-,15?/m1/s1. The second kappa shape index (κ2) is 4.88. The van der Waals surface area contributed by atoms with E-state index >= 15 is 0 Å². The van der Waals surface area contributed by atoms with E-state index in [-0.39, 0.29) is 11.4 Å². The highest BCUT2D eigenvalue weighted by molar-refractivity contribution is 5.38. The van der Waals surface area contributed by atoms with E-state index in [1.807, 2.05) is 6.92 Å². The topological polar surface area (TPSA) is 29.5 Å². The SMILES string of the molecule is CC(C)CCC1(C)C[C@@H](O)c2cc(F)ccc2O1. The quantitative estimate of drug-likeness (QED) is 0.885. The Bertz CT molecular complexity index is 431. The molecule has 1 heterocycles. The zero-order valence-electron chi connectivity index (χ0n) is 11.2. The van der Waals surface area contributed by atoms with Gasteiger partial charge in [-0.2, -0.15) is 0 Å². The van der Waals surface area contributed by atoms with E-state index in [9.17, 15) is 9.50 Å². The number of rotatable bonds is 3. The van der Waals surface area contributed by atoms with Gasteiger partial charge in [0.2, 0.25) is 0 Å². The second-order valence-electron chi connectivity index (χ2n) is 5.89. The molecule has 0 radical (unpaired) electrons. The lowest BCUT2D eigenvalue weighted by Gasteiger charge is -2.38. The smallest absolute Gasteiger partial charge is 0.126 e. The minimum absolute atomic E-state index is 0.331. The van der Waals surface area contributed by atoms with Crippen LogP contribution in [0, 0.1) is 11.7 Å². The van der Waals surface area contributed by atoms with Crippen LogP contribution in [0.4, 0.5) is 4.39 Å². The van der Waals surface area contributed by atoms with E-state index in [1.165, 1.54) is 12.1 Å². The summed E-state index contributed by atoms with van der Waals surface area (Å²) in [5.74, 6) is 0.890. The summed E-state index contributed by atoms with van der Waals surface area (Å²) < 4.78 is 19.1. The number of aliphatic hydroxyl groups is 1. The van der Waals surface area contributed by atoms with Crippen LogP contribution >= 0.6 is 0 Å². The summed E-state index contributed by atoms with van der Waals surface area (Å²) in [7, 11) is 0. The van der Waals surface area contributed by atoms with Crippen molar-refractivity contribution in [1.82, 2.24) is 0 Å². The van der Waals surface area contributed by atoms with Crippen molar-refractivity contribution in [2.75, 3.05) is 0 Å². The summed E-state index contributed by atoms with van der Waals surface area (Å²) in [4.78, 5) is 0. The van der Waals surface area contributed by atoms with Crippen molar-refractivity contribution < 1.29 is 14.2 Å². The van der Waals surface area contributed by atoms with Gasteiger partial charge in [-0.3, -0.25) is 0 Å². The Morgan fingerprint density at radius 2 is 2.22 bits per heavy atom. The van der Waals surface area contributed by atoms with Crippen LogP contribution in [-0.2, 0) is 0 Å². The van der Waals surface area contributed by atoms with Crippen LogP contribution in [0.25, 0.3) is 0 Å². The van der Waals surface area contributed by atoms with Gasteiger partial charge < -0.3 is 9.84 Å². The minimum atomic E-state index is -0.637. The van der Waals surface area contributed by atoms with Gasteiger partial charge in [-0.25, -0.2) is 4.39 Å².